The third-order valence-corrected chi connectivity index (χ3v) is 5.00. The van der Waals surface area contributed by atoms with E-state index in [2.05, 4.69) is 0 Å². The van der Waals surface area contributed by atoms with Crippen LogP contribution >= 0.6 is 0 Å². The quantitative estimate of drug-likeness (QED) is 0.891. The molecule has 2 atom stereocenters. The molecule has 1 saturated heterocycles. The summed E-state index contributed by atoms with van der Waals surface area (Å²) in [6, 6.07) is 7.65. The summed E-state index contributed by atoms with van der Waals surface area (Å²) in [4.78, 5) is 0. The lowest BCUT2D eigenvalue weighted by atomic mass is 10.1. The van der Waals surface area contributed by atoms with E-state index in [4.69, 9.17) is 4.74 Å². The largest absolute Gasteiger partial charge is 0.489 e. The van der Waals surface area contributed by atoms with E-state index in [0.29, 0.717) is 12.2 Å². The van der Waals surface area contributed by atoms with Gasteiger partial charge >= 0.3 is 0 Å². The number of aryl methyl sites for hydroxylation is 1. The highest BCUT2D eigenvalue weighted by molar-refractivity contribution is 7.91. The molecule has 1 aliphatic heterocycles. The predicted molar refractivity (Wildman–Crippen MR) is 74.1 cm³/mol. The van der Waals surface area contributed by atoms with Gasteiger partial charge in [0.2, 0.25) is 0 Å². The van der Waals surface area contributed by atoms with Gasteiger partial charge in [-0.3, -0.25) is 0 Å². The lowest BCUT2D eigenvalue weighted by Crippen LogP contribution is -2.17. The molecule has 0 spiro atoms. The summed E-state index contributed by atoms with van der Waals surface area (Å²) in [5.41, 5.74) is 1.15. The zero-order valence-electron chi connectivity index (χ0n) is 11.1. The average Bonchev–Trinajstić information content (AvgIpc) is 2.68. The molecule has 1 heterocycles. The molecule has 0 amide bonds. The van der Waals surface area contributed by atoms with Crippen molar-refractivity contribution < 1.29 is 18.3 Å². The zero-order chi connectivity index (χ0) is 13.9. The molecule has 19 heavy (non-hydrogen) atoms. The molecule has 5 heteroatoms. The van der Waals surface area contributed by atoms with Crippen molar-refractivity contribution in [3.63, 3.8) is 0 Å². The van der Waals surface area contributed by atoms with Crippen molar-refractivity contribution in [1.82, 2.24) is 0 Å². The molecule has 1 fully saturated rings. The molecule has 0 saturated carbocycles. The fraction of sp³-hybridized carbons (Fsp3) is 0.571. The van der Waals surface area contributed by atoms with Crippen LogP contribution < -0.4 is 4.74 Å². The van der Waals surface area contributed by atoms with E-state index in [0.717, 1.165) is 18.4 Å². The highest BCUT2D eigenvalue weighted by atomic mass is 32.2. The highest BCUT2D eigenvalue weighted by Crippen LogP contribution is 2.20. The Balaban J connectivity index is 1.88. The van der Waals surface area contributed by atoms with Gasteiger partial charge in [-0.25, -0.2) is 8.42 Å². The molecular formula is C14H20O4S. The first-order valence-electron chi connectivity index (χ1n) is 6.59. The summed E-state index contributed by atoms with van der Waals surface area (Å²) in [7, 11) is -2.89. The Labute approximate surface area is 114 Å². The number of rotatable bonds is 5. The summed E-state index contributed by atoms with van der Waals surface area (Å²) in [6.07, 6.45) is 1.64. The summed E-state index contributed by atoms with van der Waals surface area (Å²) in [5, 5.41) is 9.23. The van der Waals surface area contributed by atoms with Crippen molar-refractivity contribution in [3.05, 3.63) is 29.8 Å². The van der Waals surface area contributed by atoms with Gasteiger partial charge in [0.15, 0.2) is 9.84 Å². The molecule has 2 rings (SSSR count). The van der Waals surface area contributed by atoms with E-state index in [-0.39, 0.29) is 23.7 Å². The van der Waals surface area contributed by atoms with E-state index in [1.807, 2.05) is 24.3 Å². The lowest BCUT2D eigenvalue weighted by Gasteiger charge is -2.12. The van der Waals surface area contributed by atoms with Crippen LogP contribution in [0.1, 0.15) is 25.3 Å². The monoisotopic (exact) mass is 284 g/mol. The van der Waals surface area contributed by atoms with Crippen LogP contribution in [-0.2, 0) is 16.3 Å². The number of sulfone groups is 1. The van der Waals surface area contributed by atoms with Crippen LogP contribution in [0.15, 0.2) is 24.3 Å². The van der Waals surface area contributed by atoms with Gasteiger partial charge in [0.25, 0.3) is 0 Å². The highest BCUT2D eigenvalue weighted by Gasteiger charge is 2.29. The number of hydrogen-bond donors (Lipinski definition) is 1. The van der Waals surface area contributed by atoms with Crippen molar-refractivity contribution >= 4 is 9.84 Å². The van der Waals surface area contributed by atoms with E-state index < -0.39 is 9.84 Å². The normalized spacial score (nSPS) is 23.2. The van der Waals surface area contributed by atoms with Gasteiger partial charge in [-0.1, -0.05) is 12.1 Å². The van der Waals surface area contributed by atoms with Crippen molar-refractivity contribution in [2.24, 2.45) is 0 Å². The average molecular weight is 284 g/mol. The number of aliphatic hydroxyl groups excluding tert-OH is 1. The van der Waals surface area contributed by atoms with Crippen LogP contribution in [0.2, 0.25) is 0 Å². The third kappa shape index (κ3) is 4.51. The fourth-order valence-corrected chi connectivity index (χ4v) is 3.75. The smallest absolute Gasteiger partial charge is 0.154 e. The van der Waals surface area contributed by atoms with Crippen molar-refractivity contribution in [2.45, 2.75) is 38.4 Å². The van der Waals surface area contributed by atoms with Crippen molar-refractivity contribution in [2.75, 3.05) is 11.5 Å². The molecule has 1 aromatic carbocycles. The Morgan fingerprint density at radius 2 is 2.05 bits per heavy atom. The van der Waals surface area contributed by atoms with Gasteiger partial charge in [-0.2, -0.15) is 0 Å². The van der Waals surface area contributed by atoms with Gasteiger partial charge in [-0.15, -0.1) is 0 Å². The molecule has 0 aliphatic carbocycles. The van der Waals surface area contributed by atoms with Crippen LogP contribution in [0.3, 0.4) is 0 Å². The Morgan fingerprint density at radius 1 is 1.37 bits per heavy atom. The predicted octanol–water partition coefficient (Wildman–Crippen LogP) is 1.57. The minimum atomic E-state index is -2.89. The van der Waals surface area contributed by atoms with Gasteiger partial charge in [-0.05, 0) is 43.9 Å². The molecule has 1 N–H and O–H groups in total. The van der Waals surface area contributed by atoms with Crippen LogP contribution in [0, 0.1) is 0 Å². The maximum atomic E-state index is 11.3. The molecule has 0 radical (unpaired) electrons. The molecular weight excluding hydrogens is 264 g/mol. The van der Waals surface area contributed by atoms with Crippen LogP contribution in [0.4, 0.5) is 0 Å². The topological polar surface area (TPSA) is 63.6 Å². The minimum Gasteiger partial charge on any atom is -0.489 e. The molecule has 0 bridgehead atoms. The Kier molecular flexibility index (Phi) is 4.47. The molecule has 1 aromatic rings. The van der Waals surface area contributed by atoms with E-state index in [1.165, 1.54) is 0 Å². The van der Waals surface area contributed by atoms with E-state index in [9.17, 15) is 13.5 Å². The molecule has 0 aromatic heterocycles. The third-order valence-electron chi connectivity index (χ3n) is 3.27. The summed E-state index contributed by atoms with van der Waals surface area (Å²) >= 11 is 0. The first-order chi connectivity index (χ1) is 8.94. The van der Waals surface area contributed by atoms with Gasteiger partial charge in [0, 0.05) is 0 Å². The molecule has 106 valence electrons. The van der Waals surface area contributed by atoms with Crippen molar-refractivity contribution in [3.8, 4) is 5.75 Å². The first-order valence-corrected chi connectivity index (χ1v) is 8.41. The second-order valence-electron chi connectivity index (χ2n) is 5.17. The number of aliphatic hydroxyl groups is 1. The molecule has 4 nitrogen and oxygen atoms in total. The number of benzene rings is 1. The lowest BCUT2D eigenvalue weighted by molar-refractivity contribution is 0.185. The SMILES string of the molecule is CC(O)CCc1ccc(OC2CCS(=O)(=O)C2)cc1. The second kappa shape index (κ2) is 5.92. The van der Waals surface area contributed by atoms with Crippen LogP contribution in [0.5, 0.6) is 5.75 Å². The Bertz CT molecular complexity index is 505. The molecule has 1 aliphatic rings. The molecule has 2 unspecified atom stereocenters. The number of ether oxygens (including phenoxy) is 1. The maximum Gasteiger partial charge on any atom is 0.154 e. The summed E-state index contributed by atoms with van der Waals surface area (Å²) in [5.74, 6) is 1.06. The van der Waals surface area contributed by atoms with Crippen LogP contribution in [-0.4, -0.2) is 37.2 Å². The minimum absolute atomic E-state index is 0.122. The van der Waals surface area contributed by atoms with Gasteiger partial charge < -0.3 is 9.84 Å². The zero-order valence-corrected chi connectivity index (χ0v) is 11.9. The Hall–Kier alpha value is -1.07. The number of hydrogen-bond acceptors (Lipinski definition) is 4. The van der Waals surface area contributed by atoms with Crippen molar-refractivity contribution in [1.29, 1.82) is 0 Å². The van der Waals surface area contributed by atoms with E-state index in [1.54, 1.807) is 6.92 Å². The fourth-order valence-electron chi connectivity index (χ4n) is 2.16. The van der Waals surface area contributed by atoms with E-state index >= 15 is 0 Å². The van der Waals surface area contributed by atoms with Gasteiger partial charge in [0.05, 0.1) is 17.6 Å². The summed E-state index contributed by atoms with van der Waals surface area (Å²) in [6.45, 7) is 1.78. The first kappa shape index (κ1) is 14.3. The maximum absolute atomic E-state index is 11.3. The second-order valence-corrected chi connectivity index (χ2v) is 7.40. The summed E-state index contributed by atoms with van der Waals surface area (Å²) < 4.78 is 28.3. The standard InChI is InChI=1S/C14H20O4S/c1-11(15)2-3-12-4-6-13(7-5-12)18-14-8-9-19(16,17)10-14/h4-7,11,14-15H,2-3,8-10H2,1H3. The van der Waals surface area contributed by atoms with Crippen LogP contribution in [0.25, 0.3) is 0 Å². The van der Waals surface area contributed by atoms with Gasteiger partial charge in [0.1, 0.15) is 11.9 Å². The Morgan fingerprint density at radius 3 is 2.58 bits per heavy atom.